The van der Waals surface area contributed by atoms with Gasteiger partial charge in [-0.15, -0.1) is 11.3 Å². The van der Waals surface area contributed by atoms with Crippen LogP contribution in [-0.2, 0) is 17.7 Å². The topological polar surface area (TPSA) is 67.3 Å². The largest absolute Gasteiger partial charge is 0.384 e. The number of aryl methyl sites for hydroxylation is 2. The molecule has 6 heteroatoms. The highest BCUT2D eigenvalue weighted by molar-refractivity contribution is 7.18. The molecule has 0 radical (unpaired) electrons. The molecule has 1 unspecified atom stereocenters. The molecule has 0 aromatic carbocycles. The minimum Gasteiger partial charge on any atom is -0.384 e. The molecule has 20 heavy (non-hydrogen) atoms. The van der Waals surface area contributed by atoms with Crippen molar-refractivity contribution in [2.75, 3.05) is 0 Å². The predicted molar refractivity (Wildman–Crippen MR) is 78.4 cm³/mol. The fourth-order valence-electron chi connectivity index (χ4n) is 2.95. The fourth-order valence-corrected chi connectivity index (χ4v) is 4.22. The second-order valence-electron chi connectivity index (χ2n) is 5.30. The highest BCUT2D eigenvalue weighted by atomic mass is 32.1. The lowest BCUT2D eigenvalue weighted by Gasteiger charge is -2.07. The Balaban J connectivity index is 1.78. The molecule has 4 rings (SSSR count). The Morgan fingerprint density at radius 1 is 1.45 bits per heavy atom. The van der Waals surface area contributed by atoms with Gasteiger partial charge in [0.1, 0.15) is 4.83 Å². The lowest BCUT2D eigenvalue weighted by molar-refractivity contribution is 0.0792. The van der Waals surface area contributed by atoms with Gasteiger partial charge in [-0.2, -0.15) is 0 Å². The predicted octanol–water partition coefficient (Wildman–Crippen LogP) is 2.70. The number of aromatic amines is 1. The first-order valence-corrected chi connectivity index (χ1v) is 7.84. The third kappa shape index (κ3) is 1.71. The Bertz CT molecular complexity index is 775. The Kier molecular flexibility index (Phi) is 2.66. The van der Waals surface area contributed by atoms with Gasteiger partial charge in [-0.25, -0.2) is 4.98 Å². The van der Waals surface area contributed by atoms with Crippen molar-refractivity contribution >= 4 is 27.3 Å². The van der Waals surface area contributed by atoms with Crippen molar-refractivity contribution in [3.8, 4) is 0 Å². The third-order valence-electron chi connectivity index (χ3n) is 4.04. The zero-order valence-corrected chi connectivity index (χ0v) is 12.0. The van der Waals surface area contributed by atoms with Crippen molar-refractivity contribution in [3.05, 3.63) is 26.6 Å². The Morgan fingerprint density at radius 3 is 3.15 bits per heavy atom. The van der Waals surface area contributed by atoms with Gasteiger partial charge in [-0.1, -0.05) is 12.1 Å². The number of hydrogen-bond donors (Lipinski definition) is 1. The number of nitrogens with one attached hydrogen (secondary N) is 1. The Hall–Kier alpha value is -1.69. The summed E-state index contributed by atoms with van der Waals surface area (Å²) in [6, 6.07) is 0. The first kappa shape index (κ1) is 12.1. The van der Waals surface area contributed by atoms with Crippen molar-refractivity contribution in [1.29, 1.82) is 0 Å². The number of nitrogens with zero attached hydrogens (tertiary/aromatic N) is 2. The highest BCUT2D eigenvalue weighted by Gasteiger charge is 2.27. The number of thiophene rings is 1. The molecule has 1 aliphatic carbocycles. The van der Waals surface area contributed by atoms with Crippen LogP contribution in [0.2, 0.25) is 0 Å². The molecule has 2 aromatic rings. The van der Waals surface area contributed by atoms with Gasteiger partial charge >= 0.3 is 0 Å². The molecule has 0 amide bonds. The minimum absolute atomic E-state index is 0.0297. The van der Waals surface area contributed by atoms with E-state index in [2.05, 4.69) is 15.1 Å². The maximum atomic E-state index is 12.3. The molecule has 0 saturated carbocycles. The van der Waals surface area contributed by atoms with Crippen molar-refractivity contribution in [3.63, 3.8) is 0 Å². The molecule has 0 fully saturated rings. The second-order valence-corrected chi connectivity index (χ2v) is 6.38. The molecule has 104 valence electrons. The Morgan fingerprint density at radius 2 is 2.35 bits per heavy atom. The summed E-state index contributed by atoms with van der Waals surface area (Å²) in [6.07, 6.45) is 4.58. The quantitative estimate of drug-likeness (QED) is 0.924. The van der Waals surface area contributed by atoms with Crippen molar-refractivity contribution in [2.24, 2.45) is 5.16 Å². The molecular weight excluding hydrogens is 274 g/mol. The zero-order chi connectivity index (χ0) is 13.7. The maximum Gasteiger partial charge on any atom is 0.260 e. The third-order valence-corrected chi connectivity index (χ3v) is 5.22. The number of H-pyrrole nitrogens is 1. The Labute approximate surface area is 119 Å². The van der Waals surface area contributed by atoms with Crippen molar-refractivity contribution < 1.29 is 4.84 Å². The monoisotopic (exact) mass is 289 g/mol. The molecule has 1 N–H and O–H groups in total. The van der Waals surface area contributed by atoms with Crippen LogP contribution in [0.5, 0.6) is 0 Å². The van der Waals surface area contributed by atoms with E-state index < -0.39 is 0 Å². The highest BCUT2D eigenvalue weighted by Crippen LogP contribution is 2.35. The van der Waals surface area contributed by atoms with Gasteiger partial charge in [-0.05, 0) is 31.2 Å². The van der Waals surface area contributed by atoms with Gasteiger partial charge in [0.05, 0.1) is 11.1 Å². The zero-order valence-electron chi connectivity index (χ0n) is 11.2. The van der Waals surface area contributed by atoms with Gasteiger partial charge in [0.2, 0.25) is 0 Å². The van der Waals surface area contributed by atoms with E-state index in [0.717, 1.165) is 48.0 Å². The maximum absolute atomic E-state index is 12.3. The van der Waals surface area contributed by atoms with Gasteiger partial charge < -0.3 is 9.82 Å². The van der Waals surface area contributed by atoms with E-state index in [4.69, 9.17) is 4.84 Å². The lowest BCUT2D eigenvalue weighted by Crippen LogP contribution is -2.15. The van der Waals surface area contributed by atoms with E-state index >= 15 is 0 Å². The first-order chi connectivity index (χ1) is 9.76. The van der Waals surface area contributed by atoms with E-state index in [1.54, 1.807) is 11.3 Å². The lowest BCUT2D eigenvalue weighted by atomic mass is 10.1. The number of rotatable bonds is 2. The first-order valence-electron chi connectivity index (χ1n) is 7.02. The van der Waals surface area contributed by atoms with Gasteiger partial charge in [-0.3, -0.25) is 4.79 Å². The van der Waals surface area contributed by atoms with E-state index in [0.29, 0.717) is 5.82 Å². The average molecular weight is 289 g/mol. The minimum atomic E-state index is -0.237. The van der Waals surface area contributed by atoms with E-state index in [1.165, 1.54) is 10.4 Å². The van der Waals surface area contributed by atoms with Crippen LogP contribution < -0.4 is 5.56 Å². The summed E-state index contributed by atoms with van der Waals surface area (Å²) in [4.78, 5) is 27.4. The SMILES string of the molecule is CCC1=NOC(c2nc3sc4c(c3c(=O)[nH]2)CCC4)C1. The average Bonchev–Trinajstić information content (AvgIpc) is 3.12. The van der Waals surface area contributed by atoms with Gasteiger partial charge in [0.25, 0.3) is 5.56 Å². The number of aromatic nitrogens is 2. The summed E-state index contributed by atoms with van der Waals surface area (Å²) >= 11 is 1.66. The molecule has 2 aliphatic rings. The van der Waals surface area contributed by atoms with Crippen LogP contribution in [0.15, 0.2) is 9.95 Å². The van der Waals surface area contributed by atoms with E-state index in [-0.39, 0.29) is 11.7 Å². The molecule has 2 aromatic heterocycles. The van der Waals surface area contributed by atoms with Crippen LogP contribution >= 0.6 is 11.3 Å². The molecule has 0 saturated heterocycles. The molecular formula is C14H15N3O2S. The van der Waals surface area contributed by atoms with Crippen LogP contribution in [-0.4, -0.2) is 15.7 Å². The summed E-state index contributed by atoms with van der Waals surface area (Å²) in [5.41, 5.74) is 2.20. The van der Waals surface area contributed by atoms with E-state index in [1.807, 2.05) is 6.92 Å². The molecule has 1 aliphatic heterocycles. The van der Waals surface area contributed by atoms with Crippen LogP contribution in [0.25, 0.3) is 10.2 Å². The van der Waals surface area contributed by atoms with Gasteiger partial charge in [0, 0.05) is 11.3 Å². The molecule has 3 heterocycles. The smallest absolute Gasteiger partial charge is 0.260 e. The normalized spacial score (nSPS) is 21.1. The number of hydrogen-bond acceptors (Lipinski definition) is 5. The molecule has 5 nitrogen and oxygen atoms in total. The second kappa shape index (κ2) is 4.41. The van der Waals surface area contributed by atoms with Crippen molar-refractivity contribution in [2.45, 2.75) is 45.1 Å². The molecule has 0 spiro atoms. The summed E-state index contributed by atoms with van der Waals surface area (Å²) < 4.78 is 0. The van der Waals surface area contributed by atoms with Crippen LogP contribution in [0.1, 0.15) is 48.6 Å². The fraction of sp³-hybridized carbons (Fsp3) is 0.500. The standard InChI is InChI=1S/C14H15N3O2S/c1-2-7-6-9(19-17-7)12-15-13(18)11-8-4-3-5-10(8)20-14(11)16-12/h9H,2-6H2,1H3,(H,15,16,18). The van der Waals surface area contributed by atoms with E-state index in [9.17, 15) is 4.79 Å². The van der Waals surface area contributed by atoms with Gasteiger partial charge in [0.15, 0.2) is 11.9 Å². The van der Waals surface area contributed by atoms with Crippen LogP contribution in [0.4, 0.5) is 0 Å². The van der Waals surface area contributed by atoms with Crippen LogP contribution in [0.3, 0.4) is 0 Å². The van der Waals surface area contributed by atoms with Crippen LogP contribution in [0, 0.1) is 0 Å². The summed E-state index contributed by atoms with van der Waals surface area (Å²) in [6.45, 7) is 2.05. The summed E-state index contributed by atoms with van der Waals surface area (Å²) in [7, 11) is 0. The molecule has 1 atom stereocenters. The summed E-state index contributed by atoms with van der Waals surface area (Å²) in [5.74, 6) is 0.606. The molecule has 0 bridgehead atoms. The summed E-state index contributed by atoms with van der Waals surface area (Å²) in [5, 5.41) is 4.82. The number of oxime groups is 1. The van der Waals surface area contributed by atoms with Crippen molar-refractivity contribution in [1.82, 2.24) is 9.97 Å². The number of fused-ring (bicyclic) bond motifs is 3.